The van der Waals surface area contributed by atoms with Crippen molar-refractivity contribution in [3.8, 4) is 11.5 Å². The maximum Gasteiger partial charge on any atom is 0.229 e. The molecule has 176 valence electrons. The summed E-state index contributed by atoms with van der Waals surface area (Å²) in [4.78, 5) is 29.5. The molecule has 7 heteroatoms. The second kappa shape index (κ2) is 10.7. The van der Waals surface area contributed by atoms with Gasteiger partial charge in [-0.3, -0.25) is 14.5 Å². The molecule has 2 aromatic carbocycles. The second-order valence-electron chi connectivity index (χ2n) is 8.85. The van der Waals surface area contributed by atoms with E-state index in [1.165, 1.54) is 18.4 Å². The number of nitrogens with zero attached hydrogens (tertiary/aromatic N) is 2. The van der Waals surface area contributed by atoms with Gasteiger partial charge in [0.25, 0.3) is 0 Å². The number of hydrogen-bond acceptors (Lipinski definition) is 5. The number of benzene rings is 2. The lowest BCUT2D eigenvalue weighted by atomic mass is 10.1. The normalized spacial score (nSPS) is 18.5. The molecule has 0 radical (unpaired) electrons. The molecule has 33 heavy (non-hydrogen) atoms. The molecule has 0 aromatic heterocycles. The fraction of sp³-hybridized carbons (Fsp3) is 0.462. The number of ether oxygens (including phenoxy) is 2. The molecule has 7 nitrogen and oxygen atoms in total. The van der Waals surface area contributed by atoms with Crippen molar-refractivity contribution in [3.63, 3.8) is 0 Å². The summed E-state index contributed by atoms with van der Waals surface area (Å²) in [5.41, 5.74) is 3.09. The summed E-state index contributed by atoms with van der Waals surface area (Å²) in [6.45, 7) is 4.31. The number of amides is 2. The Kier molecular flexibility index (Phi) is 7.50. The zero-order valence-electron chi connectivity index (χ0n) is 19.5. The minimum Gasteiger partial charge on any atom is -0.493 e. The highest BCUT2D eigenvalue weighted by Crippen LogP contribution is 2.28. The predicted octanol–water partition coefficient (Wildman–Crippen LogP) is 3.33. The summed E-state index contributed by atoms with van der Waals surface area (Å²) in [6.07, 6.45) is 3.50. The molecule has 4 rings (SSSR count). The van der Waals surface area contributed by atoms with Gasteiger partial charge in [0, 0.05) is 31.7 Å². The molecule has 2 aromatic rings. The monoisotopic (exact) mass is 451 g/mol. The number of anilines is 1. The van der Waals surface area contributed by atoms with Crippen LogP contribution in [0.25, 0.3) is 0 Å². The predicted molar refractivity (Wildman–Crippen MR) is 128 cm³/mol. The molecule has 0 saturated carbocycles. The van der Waals surface area contributed by atoms with Gasteiger partial charge in [0.2, 0.25) is 11.8 Å². The molecule has 2 saturated heterocycles. The van der Waals surface area contributed by atoms with Crippen molar-refractivity contribution in [3.05, 3.63) is 53.6 Å². The quantitative estimate of drug-likeness (QED) is 0.633. The third-order valence-electron chi connectivity index (χ3n) is 6.53. The number of likely N-dealkylation sites (tertiary alicyclic amines) is 2. The van der Waals surface area contributed by atoms with Crippen LogP contribution in [-0.4, -0.2) is 62.0 Å². The van der Waals surface area contributed by atoms with Gasteiger partial charge in [-0.05, 0) is 67.7 Å². The molecule has 0 bridgehead atoms. The molecule has 2 amide bonds. The number of rotatable bonds is 9. The molecule has 2 heterocycles. The van der Waals surface area contributed by atoms with E-state index in [1.54, 1.807) is 19.1 Å². The summed E-state index contributed by atoms with van der Waals surface area (Å²) < 4.78 is 10.6. The first-order valence-corrected chi connectivity index (χ1v) is 11.7. The lowest BCUT2D eigenvalue weighted by Crippen LogP contribution is -2.30. The van der Waals surface area contributed by atoms with Crippen molar-refractivity contribution in [2.24, 2.45) is 5.92 Å². The van der Waals surface area contributed by atoms with Crippen LogP contribution in [0.2, 0.25) is 0 Å². The number of hydrogen-bond donors (Lipinski definition) is 1. The third kappa shape index (κ3) is 5.85. The Morgan fingerprint density at radius 2 is 1.70 bits per heavy atom. The van der Waals surface area contributed by atoms with Gasteiger partial charge in [-0.15, -0.1) is 0 Å². The average Bonchev–Trinajstić information content (AvgIpc) is 3.48. The molecule has 2 aliphatic rings. The third-order valence-corrected chi connectivity index (χ3v) is 6.53. The van der Waals surface area contributed by atoms with Crippen molar-refractivity contribution in [1.82, 2.24) is 9.80 Å². The Morgan fingerprint density at radius 3 is 2.39 bits per heavy atom. The molecular formula is C26H33N3O4. The first-order valence-electron chi connectivity index (χ1n) is 11.7. The maximum atomic E-state index is 12.8. The van der Waals surface area contributed by atoms with Crippen LogP contribution in [0.5, 0.6) is 11.5 Å². The van der Waals surface area contributed by atoms with E-state index < -0.39 is 0 Å². The molecular weight excluding hydrogens is 418 g/mol. The lowest BCUT2D eigenvalue weighted by Gasteiger charge is -2.17. The fourth-order valence-electron chi connectivity index (χ4n) is 4.60. The number of nitrogens with one attached hydrogen (secondary N) is 1. The van der Waals surface area contributed by atoms with Gasteiger partial charge in [-0.1, -0.05) is 18.2 Å². The Morgan fingerprint density at radius 1 is 1.00 bits per heavy atom. The summed E-state index contributed by atoms with van der Waals surface area (Å²) in [5.74, 6) is 0.957. The minimum absolute atomic E-state index is 0.0246. The first kappa shape index (κ1) is 23.1. The SMILES string of the molecule is COc1ccc(CCN2C[C@@H](C(=O)Nc3ccc(CN4CCCC4)cc3)CC2=O)cc1OC. The number of methoxy groups -OCH3 is 2. The van der Waals surface area contributed by atoms with Crippen LogP contribution in [0.15, 0.2) is 42.5 Å². The topological polar surface area (TPSA) is 71.1 Å². The largest absolute Gasteiger partial charge is 0.493 e. The van der Waals surface area contributed by atoms with E-state index in [2.05, 4.69) is 22.3 Å². The van der Waals surface area contributed by atoms with E-state index in [-0.39, 0.29) is 24.2 Å². The number of carbonyl (C=O) groups excluding carboxylic acids is 2. The Labute approximate surface area is 195 Å². The molecule has 1 atom stereocenters. The summed E-state index contributed by atoms with van der Waals surface area (Å²) in [7, 11) is 3.21. The van der Waals surface area contributed by atoms with Crippen LogP contribution in [0.1, 0.15) is 30.4 Å². The van der Waals surface area contributed by atoms with Crippen molar-refractivity contribution < 1.29 is 19.1 Å². The van der Waals surface area contributed by atoms with Gasteiger partial charge in [0.15, 0.2) is 11.5 Å². The van der Waals surface area contributed by atoms with Crippen molar-refractivity contribution in [2.45, 2.75) is 32.2 Å². The molecule has 0 aliphatic carbocycles. The van der Waals surface area contributed by atoms with E-state index >= 15 is 0 Å². The average molecular weight is 452 g/mol. The molecule has 0 unspecified atom stereocenters. The van der Waals surface area contributed by atoms with E-state index in [0.717, 1.165) is 30.9 Å². The summed E-state index contributed by atoms with van der Waals surface area (Å²) in [6, 6.07) is 13.8. The van der Waals surface area contributed by atoms with Crippen molar-refractivity contribution in [2.75, 3.05) is 45.7 Å². The van der Waals surface area contributed by atoms with Gasteiger partial charge >= 0.3 is 0 Å². The van der Waals surface area contributed by atoms with Crippen molar-refractivity contribution >= 4 is 17.5 Å². The summed E-state index contributed by atoms with van der Waals surface area (Å²) in [5, 5.41) is 2.99. The molecule has 0 spiro atoms. The van der Waals surface area contributed by atoms with Crippen LogP contribution < -0.4 is 14.8 Å². The fourth-order valence-corrected chi connectivity index (χ4v) is 4.60. The van der Waals surface area contributed by atoms with Gasteiger partial charge in [-0.2, -0.15) is 0 Å². The van der Waals surface area contributed by atoms with Crippen LogP contribution in [0, 0.1) is 5.92 Å². The molecule has 1 N–H and O–H groups in total. The zero-order valence-corrected chi connectivity index (χ0v) is 19.5. The molecule has 2 fully saturated rings. The van der Waals surface area contributed by atoms with Crippen LogP contribution in [-0.2, 0) is 22.6 Å². The van der Waals surface area contributed by atoms with Gasteiger partial charge in [-0.25, -0.2) is 0 Å². The Balaban J connectivity index is 1.27. The maximum absolute atomic E-state index is 12.8. The standard InChI is InChI=1S/C26H33N3O4/c1-32-23-10-7-19(15-24(23)33-2)11-14-29-18-21(16-25(29)30)26(31)27-22-8-5-20(6-9-22)17-28-12-3-4-13-28/h5-10,15,21H,3-4,11-14,16-18H2,1-2H3,(H,27,31)/t21-/m0/s1. The van der Waals surface area contributed by atoms with Gasteiger partial charge < -0.3 is 19.7 Å². The second-order valence-corrected chi connectivity index (χ2v) is 8.85. The van der Waals surface area contributed by atoms with Crippen LogP contribution >= 0.6 is 0 Å². The van der Waals surface area contributed by atoms with Crippen LogP contribution in [0.4, 0.5) is 5.69 Å². The lowest BCUT2D eigenvalue weighted by molar-refractivity contribution is -0.128. The highest BCUT2D eigenvalue weighted by atomic mass is 16.5. The minimum atomic E-state index is -0.327. The Bertz CT molecular complexity index is 970. The highest BCUT2D eigenvalue weighted by Gasteiger charge is 2.34. The van der Waals surface area contributed by atoms with E-state index in [4.69, 9.17) is 9.47 Å². The van der Waals surface area contributed by atoms with E-state index in [9.17, 15) is 9.59 Å². The van der Waals surface area contributed by atoms with E-state index in [1.807, 2.05) is 30.3 Å². The van der Waals surface area contributed by atoms with Crippen LogP contribution in [0.3, 0.4) is 0 Å². The Hall–Kier alpha value is -3.06. The van der Waals surface area contributed by atoms with Gasteiger partial charge in [0.05, 0.1) is 20.1 Å². The molecule has 2 aliphatic heterocycles. The number of carbonyl (C=O) groups is 2. The highest BCUT2D eigenvalue weighted by molar-refractivity contribution is 5.97. The first-order chi connectivity index (χ1) is 16.1. The van der Waals surface area contributed by atoms with Crippen molar-refractivity contribution in [1.29, 1.82) is 0 Å². The smallest absolute Gasteiger partial charge is 0.229 e. The zero-order chi connectivity index (χ0) is 23.2. The van der Waals surface area contributed by atoms with Gasteiger partial charge in [0.1, 0.15) is 0 Å². The van der Waals surface area contributed by atoms with E-state index in [0.29, 0.717) is 31.0 Å². The summed E-state index contributed by atoms with van der Waals surface area (Å²) >= 11 is 0.